The highest BCUT2D eigenvalue weighted by molar-refractivity contribution is 6.05. The number of hydrogen-bond donors (Lipinski definition) is 1. The zero-order valence-electron chi connectivity index (χ0n) is 17.4. The van der Waals surface area contributed by atoms with E-state index in [2.05, 4.69) is 15.3 Å². The molecule has 0 spiro atoms. The molecule has 8 nitrogen and oxygen atoms in total. The summed E-state index contributed by atoms with van der Waals surface area (Å²) in [5, 5.41) is 8.32. The zero-order chi connectivity index (χ0) is 21.0. The molecule has 0 aliphatic carbocycles. The normalized spacial score (nSPS) is 11.0. The van der Waals surface area contributed by atoms with E-state index in [0.717, 1.165) is 24.0 Å². The van der Waals surface area contributed by atoms with E-state index in [-0.39, 0.29) is 5.91 Å². The number of likely N-dealkylation sites (N-methyl/N-ethyl adjacent to an activating group) is 1. The number of hydrogen-bond acceptors (Lipinski definition) is 6. The van der Waals surface area contributed by atoms with Gasteiger partial charge in [0.2, 0.25) is 5.75 Å². The SMILES string of the molecule is COc1cc(C(=O)Nc2ccc3c(cnn3CCN(C)C)c2)cc(OC)c1OC. The number of methoxy groups -OCH3 is 3. The summed E-state index contributed by atoms with van der Waals surface area (Å²) in [6.45, 7) is 1.70. The molecule has 1 heterocycles. The molecule has 3 rings (SSSR count). The van der Waals surface area contributed by atoms with Crippen molar-refractivity contribution in [2.75, 3.05) is 47.3 Å². The van der Waals surface area contributed by atoms with Gasteiger partial charge in [-0.25, -0.2) is 0 Å². The van der Waals surface area contributed by atoms with Gasteiger partial charge in [0.05, 0.1) is 39.6 Å². The number of carbonyl (C=O) groups excluding carboxylic acids is 1. The number of amides is 1. The van der Waals surface area contributed by atoms with Crippen LogP contribution in [0.5, 0.6) is 17.2 Å². The van der Waals surface area contributed by atoms with E-state index in [1.807, 2.05) is 37.0 Å². The first kappa shape index (κ1) is 20.5. The van der Waals surface area contributed by atoms with Crippen LogP contribution in [0.1, 0.15) is 10.4 Å². The van der Waals surface area contributed by atoms with Crippen molar-refractivity contribution in [1.29, 1.82) is 0 Å². The molecule has 1 N–H and O–H groups in total. The molecule has 8 heteroatoms. The quantitative estimate of drug-likeness (QED) is 0.629. The molecule has 3 aromatic rings. The number of ether oxygens (including phenoxy) is 3. The molecule has 0 radical (unpaired) electrons. The van der Waals surface area contributed by atoms with Crippen LogP contribution in [0.2, 0.25) is 0 Å². The minimum absolute atomic E-state index is 0.274. The summed E-state index contributed by atoms with van der Waals surface area (Å²) in [4.78, 5) is 14.9. The van der Waals surface area contributed by atoms with Gasteiger partial charge in [0, 0.05) is 23.2 Å². The van der Waals surface area contributed by atoms with Crippen molar-refractivity contribution >= 4 is 22.5 Å². The Kier molecular flexibility index (Phi) is 6.23. The number of benzene rings is 2. The first-order valence-electron chi connectivity index (χ1n) is 9.18. The smallest absolute Gasteiger partial charge is 0.255 e. The summed E-state index contributed by atoms with van der Waals surface area (Å²) in [6, 6.07) is 8.97. The molecule has 1 amide bonds. The summed E-state index contributed by atoms with van der Waals surface area (Å²) in [5.41, 5.74) is 2.11. The standard InChI is InChI=1S/C21H26N4O4/c1-24(2)8-9-25-17-7-6-16(10-15(17)13-22-25)23-21(26)14-11-18(27-3)20(29-5)19(12-14)28-4/h6-7,10-13H,8-9H2,1-5H3,(H,23,26). The van der Waals surface area contributed by atoms with Gasteiger partial charge in [0.1, 0.15) is 0 Å². The van der Waals surface area contributed by atoms with E-state index in [0.29, 0.717) is 28.5 Å². The second-order valence-electron chi connectivity index (χ2n) is 6.81. The summed E-state index contributed by atoms with van der Waals surface area (Å²) in [7, 11) is 8.61. The Bertz CT molecular complexity index is 988. The van der Waals surface area contributed by atoms with Crippen molar-refractivity contribution < 1.29 is 19.0 Å². The predicted octanol–water partition coefficient (Wildman–Crippen LogP) is 2.88. The van der Waals surface area contributed by atoms with Gasteiger partial charge >= 0.3 is 0 Å². The number of nitrogens with one attached hydrogen (secondary N) is 1. The Labute approximate surface area is 170 Å². The van der Waals surface area contributed by atoms with Crippen LogP contribution in [0, 0.1) is 0 Å². The van der Waals surface area contributed by atoms with E-state index >= 15 is 0 Å². The van der Waals surface area contributed by atoms with E-state index < -0.39 is 0 Å². The first-order chi connectivity index (χ1) is 14.0. The van der Waals surface area contributed by atoms with Gasteiger partial charge < -0.3 is 24.4 Å². The van der Waals surface area contributed by atoms with Gasteiger partial charge in [-0.15, -0.1) is 0 Å². The van der Waals surface area contributed by atoms with Gasteiger partial charge in [0.25, 0.3) is 5.91 Å². The fraction of sp³-hybridized carbons (Fsp3) is 0.333. The summed E-state index contributed by atoms with van der Waals surface area (Å²) < 4.78 is 17.9. The Morgan fingerprint density at radius 2 is 1.76 bits per heavy atom. The van der Waals surface area contributed by atoms with Gasteiger partial charge in [-0.05, 0) is 44.4 Å². The zero-order valence-corrected chi connectivity index (χ0v) is 17.4. The molecule has 0 aliphatic heterocycles. The van der Waals surface area contributed by atoms with Gasteiger partial charge in [0.15, 0.2) is 11.5 Å². The van der Waals surface area contributed by atoms with E-state index in [1.54, 1.807) is 18.3 Å². The Balaban J connectivity index is 1.82. The lowest BCUT2D eigenvalue weighted by atomic mass is 10.1. The number of fused-ring (bicyclic) bond motifs is 1. The number of rotatable bonds is 8. The minimum atomic E-state index is -0.274. The molecule has 0 saturated heterocycles. The summed E-state index contributed by atoms with van der Waals surface area (Å²) >= 11 is 0. The molecule has 29 heavy (non-hydrogen) atoms. The molecule has 0 fully saturated rings. The number of carbonyl (C=O) groups is 1. The molecule has 2 aromatic carbocycles. The van der Waals surface area contributed by atoms with Gasteiger partial charge in [-0.3, -0.25) is 9.48 Å². The summed E-state index contributed by atoms with van der Waals surface area (Å²) in [5.74, 6) is 1.02. The Morgan fingerprint density at radius 1 is 1.07 bits per heavy atom. The molecule has 1 aromatic heterocycles. The number of anilines is 1. The van der Waals surface area contributed by atoms with Crippen LogP contribution >= 0.6 is 0 Å². The molecule has 0 saturated carbocycles. The minimum Gasteiger partial charge on any atom is -0.493 e. The molecule has 0 bridgehead atoms. The van der Waals surface area contributed by atoms with Crippen molar-refractivity contribution in [3.05, 3.63) is 42.1 Å². The lowest BCUT2D eigenvalue weighted by Gasteiger charge is -2.14. The maximum Gasteiger partial charge on any atom is 0.255 e. The van der Waals surface area contributed by atoms with E-state index in [4.69, 9.17) is 14.2 Å². The van der Waals surface area contributed by atoms with Crippen LogP contribution in [-0.4, -0.2) is 62.6 Å². The molecule has 0 unspecified atom stereocenters. The second-order valence-corrected chi connectivity index (χ2v) is 6.81. The second kappa shape index (κ2) is 8.83. The fourth-order valence-electron chi connectivity index (χ4n) is 3.05. The first-order valence-corrected chi connectivity index (χ1v) is 9.18. The van der Waals surface area contributed by atoms with Crippen molar-refractivity contribution in [2.24, 2.45) is 0 Å². The van der Waals surface area contributed by atoms with Crippen LogP contribution in [0.4, 0.5) is 5.69 Å². The third-order valence-electron chi connectivity index (χ3n) is 4.59. The molecular weight excluding hydrogens is 372 g/mol. The number of nitrogens with zero attached hydrogens (tertiary/aromatic N) is 3. The van der Waals surface area contributed by atoms with Crippen LogP contribution in [0.25, 0.3) is 10.9 Å². The molecule has 154 valence electrons. The van der Waals surface area contributed by atoms with Crippen molar-refractivity contribution in [1.82, 2.24) is 14.7 Å². The van der Waals surface area contributed by atoms with Gasteiger partial charge in [-0.1, -0.05) is 0 Å². The average molecular weight is 398 g/mol. The van der Waals surface area contributed by atoms with Crippen LogP contribution in [0.3, 0.4) is 0 Å². The lowest BCUT2D eigenvalue weighted by molar-refractivity contribution is 0.102. The third-order valence-corrected chi connectivity index (χ3v) is 4.59. The van der Waals surface area contributed by atoms with E-state index in [1.165, 1.54) is 21.3 Å². The maximum atomic E-state index is 12.8. The van der Waals surface area contributed by atoms with Crippen LogP contribution in [0.15, 0.2) is 36.5 Å². The third kappa shape index (κ3) is 4.43. The van der Waals surface area contributed by atoms with Crippen LogP contribution in [-0.2, 0) is 6.54 Å². The molecule has 0 aliphatic rings. The molecular formula is C21H26N4O4. The average Bonchev–Trinajstić information content (AvgIpc) is 3.13. The monoisotopic (exact) mass is 398 g/mol. The van der Waals surface area contributed by atoms with Crippen LogP contribution < -0.4 is 19.5 Å². The molecule has 0 atom stereocenters. The summed E-state index contributed by atoms with van der Waals surface area (Å²) in [6.07, 6.45) is 1.81. The Hall–Kier alpha value is -3.26. The topological polar surface area (TPSA) is 77.9 Å². The fourth-order valence-corrected chi connectivity index (χ4v) is 3.05. The predicted molar refractivity (Wildman–Crippen MR) is 112 cm³/mol. The Morgan fingerprint density at radius 3 is 2.34 bits per heavy atom. The lowest BCUT2D eigenvalue weighted by Crippen LogP contribution is -2.18. The van der Waals surface area contributed by atoms with Crippen molar-refractivity contribution in [3.8, 4) is 17.2 Å². The van der Waals surface area contributed by atoms with Crippen molar-refractivity contribution in [3.63, 3.8) is 0 Å². The highest BCUT2D eigenvalue weighted by atomic mass is 16.5. The van der Waals surface area contributed by atoms with Crippen molar-refractivity contribution in [2.45, 2.75) is 6.54 Å². The largest absolute Gasteiger partial charge is 0.493 e. The highest BCUT2D eigenvalue weighted by Gasteiger charge is 2.17. The van der Waals surface area contributed by atoms with Gasteiger partial charge in [-0.2, -0.15) is 5.10 Å². The van der Waals surface area contributed by atoms with E-state index in [9.17, 15) is 4.79 Å². The number of aromatic nitrogens is 2. The highest BCUT2D eigenvalue weighted by Crippen LogP contribution is 2.38. The maximum absolute atomic E-state index is 12.8.